The van der Waals surface area contributed by atoms with E-state index in [0.717, 1.165) is 6.42 Å². The second kappa shape index (κ2) is 6.70. The molecule has 0 aromatic heterocycles. The van der Waals surface area contributed by atoms with Gasteiger partial charge < -0.3 is 10.6 Å². The van der Waals surface area contributed by atoms with Crippen molar-refractivity contribution >= 4 is 17.5 Å². The molecule has 0 atom stereocenters. The molecule has 0 radical (unpaired) electrons. The van der Waals surface area contributed by atoms with Crippen LogP contribution in [0, 0.1) is 0 Å². The Labute approximate surface area is 124 Å². The zero-order valence-electron chi connectivity index (χ0n) is 12.1. The van der Waals surface area contributed by atoms with Gasteiger partial charge in [-0.05, 0) is 36.2 Å². The van der Waals surface area contributed by atoms with Crippen LogP contribution >= 0.6 is 0 Å². The molecule has 2 aromatic rings. The van der Waals surface area contributed by atoms with Crippen LogP contribution in [0.15, 0.2) is 48.5 Å². The van der Waals surface area contributed by atoms with Gasteiger partial charge in [-0.2, -0.15) is 0 Å². The van der Waals surface area contributed by atoms with E-state index in [4.69, 9.17) is 0 Å². The van der Waals surface area contributed by atoms with Crippen molar-refractivity contribution < 1.29 is 9.59 Å². The van der Waals surface area contributed by atoms with Gasteiger partial charge in [-0.3, -0.25) is 9.59 Å². The van der Waals surface area contributed by atoms with Crippen LogP contribution in [-0.2, 0) is 6.42 Å². The fourth-order valence-corrected chi connectivity index (χ4v) is 2.01. The summed E-state index contributed by atoms with van der Waals surface area (Å²) < 4.78 is 0. The van der Waals surface area contributed by atoms with Crippen molar-refractivity contribution in [1.82, 2.24) is 5.32 Å². The molecule has 2 aromatic carbocycles. The highest BCUT2D eigenvalue weighted by Gasteiger charge is 2.12. The number of hydrogen-bond donors (Lipinski definition) is 2. The van der Waals surface area contributed by atoms with Gasteiger partial charge in [-0.15, -0.1) is 0 Å². The first-order chi connectivity index (χ1) is 10.2. The van der Waals surface area contributed by atoms with Crippen molar-refractivity contribution in [3.05, 3.63) is 65.2 Å². The van der Waals surface area contributed by atoms with E-state index in [9.17, 15) is 9.59 Å². The first-order valence-electron chi connectivity index (χ1n) is 6.87. The molecule has 108 valence electrons. The zero-order valence-corrected chi connectivity index (χ0v) is 12.1. The summed E-state index contributed by atoms with van der Waals surface area (Å²) in [6.07, 6.45) is 0.932. The molecule has 0 aliphatic rings. The minimum Gasteiger partial charge on any atom is -0.355 e. The fraction of sp³-hybridized carbons (Fsp3) is 0.176. The summed E-state index contributed by atoms with van der Waals surface area (Å²) in [6.45, 7) is 2.06. The van der Waals surface area contributed by atoms with Crippen molar-refractivity contribution in [3.8, 4) is 0 Å². The Morgan fingerprint density at radius 2 is 1.62 bits per heavy atom. The number of carbonyl (C=O) groups is 2. The highest BCUT2D eigenvalue weighted by atomic mass is 16.2. The third-order valence-electron chi connectivity index (χ3n) is 3.27. The van der Waals surface area contributed by atoms with Crippen molar-refractivity contribution in [2.45, 2.75) is 13.3 Å². The van der Waals surface area contributed by atoms with Crippen LogP contribution in [0.2, 0.25) is 0 Å². The molecule has 0 unspecified atom stereocenters. The van der Waals surface area contributed by atoms with Crippen LogP contribution in [0.3, 0.4) is 0 Å². The summed E-state index contributed by atoms with van der Waals surface area (Å²) in [5, 5.41) is 5.34. The molecule has 2 rings (SSSR count). The summed E-state index contributed by atoms with van der Waals surface area (Å²) in [5.74, 6) is -0.457. The number of carbonyl (C=O) groups excluding carboxylic acids is 2. The number of anilines is 1. The highest BCUT2D eigenvalue weighted by molar-refractivity contribution is 6.08. The van der Waals surface area contributed by atoms with E-state index in [1.807, 2.05) is 12.1 Å². The Balaban J connectivity index is 2.21. The van der Waals surface area contributed by atoms with E-state index < -0.39 is 0 Å². The maximum absolute atomic E-state index is 12.2. The molecule has 4 nitrogen and oxygen atoms in total. The van der Waals surface area contributed by atoms with Crippen LogP contribution < -0.4 is 10.6 Å². The molecule has 0 bridgehead atoms. The number of hydrogen-bond acceptors (Lipinski definition) is 2. The Hall–Kier alpha value is -2.62. The van der Waals surface area contributed by atoms with Gasteiger partial charge in [0.05, 0.1) is 11.3 Å². The average molecular weight is 282 g/mol. The topological polar surface area (TPSA) is 58.2 Å². The van der Waals surface area contributed by atoms with Gasteiger partial charge >= 0.3 is 0 Å². The van der Waals surface area contributed by atoms with Gasteiger partial charge in [0, 0.05) is 12.6 Å². The second-order valence-corrected chi connectivity index (χ2v) is 4.63. The minimum absolute atomic E-state index is 0.228. The van der Waals surface area contributed by atoms with Crippen molar-refractivity contribution in [3.63, 3.8) is 0 Å². The number of para-hydroxylation sites is 1. The predicted molar refractivity (Wildman–Crippen MR) is 83.6 cm³/mol. The van der Waals surface area contributed by atoms with Gasteiger partial charge in [-0.1, -0.05) is 31.2 Å². The predicted octanol–water partition coefficient (Wildman–Crippen LogP) is 2.86. The summed E-state index contributed by atoms with van der Waals surface area (Å²) >= 11 is 0. The van der Waals surface area contributed by atoms with E-state index in [-0.39, 0.29) is 11.8 Å². The molecule has 0 spiro atoms. The fourth-order valence-electron chi connectivity index (χ4n) is 2.01. The number of nitrogens with one attached hydrogen (secondary N) is 2. The third kappa shape index (κ3) is 3.48. The number of rotatable bonds is 4. The molecular formula is C17H18N2O2. The number of amides is 2. The summed E-state index contributed by atoms with van der Waals surface area (Å²) in [6, 6.07) is 14.4. The Bertz CT molecular complexity index is 648. The lowest BCUT2D eigenvalue weighted by Crippen LogP contribution is -2.21. The lowest BCUT2D eigenvalue weighted by atomic mass is 10.1. The number of aryl methyl sites for hydroxylation is 1. The molecule has 2 amide bonds. The smallest absolute Gasteiger partial charge is 0.255 e. The van der Waals surface area contributed by atoms with Crippen LogP contribution in [0.1, 0.15) is 33.2 Å². The molecule has 0 aliphatic heterocycles. The maximum Gasteiger partial charge on any atom is 0.255 e. The third-order valence-corrected chi connectivity index (χ3v) is 3.27. The second-order valence-electron chi connectivity index (χ2n) is 4.63. The van der Waals surface area contributed by atoms with Gasteiger partial charge in [0.2, 0.25) is 0 Å². The Morgan fingerprint density at radius 1 is 0.952 bits per heavy atom. The van der Waals surface area contributed by atoms with Crippen molar-refractivity contribution in [1.29, 1.82) is 0 Å². The molecule has 0 fully saturated rings. The molecule has 0 heterocycles. The van der Waals surface area contributed by atoms with Crippen LogP contribution in [0.4, 0.5) is 5.69 Å². The SMILES string of the molecule is CCc1ccc(C(=O)Nc2ccccc2C(=O)NC)cc1. The van der Waals surface area contributed by atoms with E-state index >= 15 is 0 Å². The van der Waals surface area contributed by atoms with Crippen LogP contribution in [-0.4, -0.2) is 18.9 Å². The summed E-state index contributed by atoms with van der Waals surface area (Å²) in [7, 11) is 1.56. The normalized spacial score (nSPS) is 10.0. The lowest BCUT2D eigenvalue weighted by molar-refractivity contribution is 0.0964. The highest BCUT2D eigenvalue weighted by Crippen LogP contribution is 2.16. The van der Waals surface area contributed by atoms with Gasteiger partial charge in [-0.25, -0.2) is 0 Å². The largest absolute Gasteiger partial charge is 0.355 e. The molecule has 2 N–H and O–H groups in total. The van der Waals surface area contributed by atoms with Gasteiger partial charge in [0.15, 0.2) is 0 Å². The first kappa shape index (κ1) is 14.8. The quantitative estimate of drug-likeness (QED) is 0.906. The van der Waals surface area contributed by atoms with Gasteiger partial charge in [0.1, 0.15) is 0 Å². The Kier molecular flexibility index (Phi) is 4.72. The van der Waals surface area contributed by atoms with E-state index in [1.54, 1.807) is 43.4 Å². The van der Waals surface area contributed by atoms with Crippen molar-refractivity contribution in [2.75, 3.05) is 12.4 Å². The minimum atomic E-state index is -0.229. The summed E-state index contributed by atoms with van der Waals surface area (Å²) in [5.41, 5.74) is 2.69. The molecule has 0 saturated carbocycles. The van der Waals surface area contributed by atoms with Crippen LogP contribution in [0.5, 0.6) is 0 Å². The molecule has 0 saturated heterocycles. The molecule has 4 heteroatoms. The monoisotopic (exact) mass is 282 g/mol. The van der Waals surface area contributed by atoms with E-state index in [0.29, 0.717) is 16.8 Å². The van der Waals surface area contributed by atoms with E-state index in [1.165, 1.54) is 5.56 Å². The maximum atomic E-state index is 12.2. The average Bonchev–Trinajstić information content (AvgIpc) is 2.54. The van der Waals surface area contributed by atoms with E-state index in [2.05, 4.69) is 17.6 Å². The zero-order chi connectivity index (χ0) is 15.2. The lowest BCUT2D eigenvalue weighted by Gasteiger charge is -2.10. The molecule has 21 heavy (non-hydrogen) atoms. The summed E-state index contributed by atoms with van der Waals surface area (Å²) in [4.78, 5) is 24.0. The Morgan fingerprint density at radius 3 is 2.24 bits per heavy atom. The molecular weight excluding hydrogens is 264 g/mol. The van der Waals surface area contributed by atoms with Gasteiger partial charge in [0.25, 0.3) is 11.8 Å². The standard InChI is InChI=1S/C17H18N2O2/c1-3-12-8-10-13(11-9-12)16(20)19-15-7-5-4-6-14(15)17(21)18-2/h4-11H,3H2,1-2H3,(H,18,21)(H,19,20). The van der Waals surface area contributed by atoms with Crippen LogP contribution in [0.25, 0.3) is 0 Å². The number of benzene rings is 2. The molecule has 0 aliphatic carbocycles. The van der Waals surface area contributed by atoms with Crippen molar-refractivity contribution in [2.24, 2.45) is 0 Å². The first-order valence-corrected chi connectivity index (χ1v) is 6.87.